The summed E-state index contributed by atoms with van der Waals surface area (Å²) in [6.45, 7) is 3.28. The number of hydrogen-bond acceptors (Lipinski definition) is 5. The van der Waals surface area contributed by atoms with Crippen molar-refractivity contribution in [2.24, 2.45) is 0 Å². The van der Waals surface area contributed by atoms with Gasteiger partial charge >= 0.3 is 5.69 Å². The number of nitrogens with one attached hydrogen (secondary N) is 1. The fourth-order valence-corrected chi connectivity index (χ4v) is 3.41. The minimum Gasteiger partial charge on any atom is -0.390 e. The maximum Gasteiger partial charge on any atom is 0.330 e. The molecule has 0 aliphatic carbocycles. The number of aliphatic hydroxyl groups is 1. The van der Waals surface area contributed by atoms with Crippen LogP contribution in [0.3, 0.4) is 0 Å². The topological polar surface area (TPSA) is 87.6 Å². The summed E-state index contributed by atoms with van der Waals surface area (Å²) in [6, 6.07) is 10.2. The standard InChI is InChI=1S/C20H27N3O4/c1-3-15-12-23(20(26)21-19(15)25)18-11-16(24)17(27-18)13-22(2)10-9-14-7-5-4-6-8-14/h4-8,12,16-18,24H,3,9-11,13H2,1-2H3,(H,21,25,26)/t16-,17+,18+/m0/s1. The lowest BCUT2D eigenvalue weighted by molar-refractivity contribution is -0.0332. The molecular weight excluding hydrogens is 346 g/mol. The van der Waals surface area contributed by atoms with E-state index in [0.717, 1.165) is 13.0 Å². The molecule has 7 heteroatoms. The van der Waals surface area contributed by atoms with Crippen molar-refractivity contribution in [3.63, 3.8) is 0 Å². The van der Waals surface area contributed by atoms with Crippen molar-refractivity contribution in [3.8, 4) is 0 Å². The van der Waals surface area contributed by atoms with Gasteiger partial charge < -0.3 is 14.7 Å². The molecular formula is C20H27N3O4. The normalized spacial score (nSPS) is 22.4. The summed E-state index contributed by atoms with van der Waals surface area (Å²) in [7, 11) is 1.99. The van der Waals surface area contributed by atoms with E-state index < -0.39 is 18.0 Å². The number of H-pyrrole nitrogens is 1. The molecule has 1 aliphatic rings. The SMILES string of the molecule is CCc1cn([C@H]2C[C@H](O)[C@@H](CN(C)CCc3ccccc3)O2)c(=O)[nH]c1=O. The molecule has 27 heavy (non-hydrogen) atoms. The molecule has 7 nitrogen and oxygen atoms in total. The summed E-state index contributed by atoms with van der Waals surface area (Å²) in [5, 5.41) is 10.4. The molecule has 0 bridgehead atoms. The third-order valence-electron chi connectivity index (χ3n) is 5.05. The predicted molar refractivity (Wildman–Crippen MR) is 103 cm³/mol. The molecule has 0 unspecified atom stereocenters. The first-order valence-electron chi connectivity index (χ1n) is 9.38. The van der Waals surface area contributed by atoms with E-state index in [-0.39, 0.29) is 11.7 Å². The molecule has 2 N–H and O–H groups in total. The van der Waals surface area contributed by atoms with Gasteiger partial charge in [0, 0.05) is 31.3 Å². The molecule has 1 aromatic heterocycles. The monoisotopic (exact) mass is 373 g/mol. The van der Waals surface area contributed by atoms with Crippen molar-refractivity contribution in [1.29, 1.82) is 0 Å². The van der Waals surface area contributed by atoms with Crippen LogP contribution in [-0.2, 0) is 17.6 Å². The lowest BCUT2D eigenvalue weighted by Crippen LogP contribution is -2.36. The van der Waals surface area contributed by atoms with Gasteiger partial charge in [-0.15, -0.1) is 0 Å². The fraction of sp³-hybridized carbons (Fsp3) is 0.500. The van der Waals surface area contributed by atoms with Crippen LogP contribution in [0.1, 0.15) is 30.7 Å². The van der Waals surface area contributed by atoms with Crippen LogP contribution in [0.5, 0.6) is 0 Å². The van der Waals surface area contributed by atoms with E-state index in [2.05, 4.69) is 22.0 Å². The highest BCUT2D eigenvalue weighted by Gasteiger charge is 2.36. The molecule has 3 atom stereocenters. The Morgan fingerprint density at radius 2 is 2.04 bits per heavy atom. The molecule has 2 heterocycles. The maximum absolute atomic E-state index is 12.1. The number of rotatable bonds is 7. The van der Waals surface area contributed by atoms with Gasteiger partial charge in [0.05, 0.1) is 12.2 Å². The molecule has 1 aromatic carbocycles. The van der Waals surface area contributed by atoms with Gasteiger partial charge in [0.1, 0.15) is 6.23 Å². The van der Waals surface area contributed by atoms with Gasteiger partial charge in [-0.25, -0.2) is 4.79 Å². The summed E-state index contributed by atoms with van der Waals surface area (Å²) in [4.78, 5) is 28.3. The second-order valence-electron chi connectivity index (χ2n) is 7.10. The summed E-state index contributed by atoms with van der Waals surface area (Å²) in [5.41, 5.74) is 0.917. The van der Waals surface area contributed by atoms with E-state index >= 15 is 0 Å². The van der Waals surface area contributed by atoms with Crippen molar-refractivity contribution >= 4 is 0 Å². The number of aliphatic hydroxyl groups excluding tert-OH is 1. The van der Waals surface area contributed by atoms with Crippen LogP contribution in [0.4, 0.5) is 0 Å². The minimum absolute atomic E-state index is 0.326. The first kappa shape index (κ1) is 19.5. The smallest absolute Gasteiger partial charge is 0.330 e. The number of aromatic nitrogens is 2. The van der Waals surface area contributed by atoms with Gasteiger partial charge in [-0.3, -0.25) is 14.3 Å². The molecule has 2 aromatic rings. The first-order chi connectivity index (χ1) is 13.0. The van der Waals surface area contributed by atoms with Crippen LogP contribution >= 0.6 is 0 Å². The van der Waals surface area contributed by atoms with E-state index in [0.29, 0.717) is 24.9 Å². The van der Waals surface area contributed by atoms with Crippen molar-refractivity contribution in [3.05, 3.63) is 68.5 Å². The highest BCUT2D eigenvalue weighted by Crippen LogP contribution is 2.28. The molecule has 1 aliphatic heterocycles. The number of likely N-dealkylation sites (N-methyl/N-ethyl adjacent to an activating group) is 1. The van der Waals surface area contributed by atoms with Crippen LogP contribution < -0.4 is 11.2 Å². The molecule has 0 radical (unpaired) electrons. The summed E-state index contributed by atoms with van der Waals surface area (Å²) in [5.74, 6) is 0. The zero-order valence-corrected chi connectivity index (χ0v) is 15.8. The lowest BCUT2D eigenvalue weighted by atomic mass is 10.1. The van der Waals surface area contributed by atoms with Crippen LogP contribution in [0.2, 0.25) is 0 Å². The number of nitrogens with zero attached hydrogens (tertiary/aromatic N) is 2. The molecule has 1 saturated heterocycles. The Morgan fingerprint density at radius 1 is 1.30 bits per heavy atom. The second-order valence-corrected chi connectivity index (χ2v) is 7.10. The first-order valence-corrected chi connectivity index (χ1v) is 9.38. The fourth-order valence-electron chi connectivity index (χ4n) is 3.41. The van der Waals surface area contributed by atoms with Crippen molar-refractivity contribution in [1.82, 2.24) is 14.5 Å². The van der Waals surface area contributed by atoms with Gasteiger partial charge in [-0.2, -0.15) is 0 Å². The minimum atomic E-state index is -0.655. The molecule has 3 rings (SSSR count). The second kappa shape index (κ2) is 8.65. The van der Waals surface area contributed by atoms with E-state index in [1.165, 1.54) is 10.1 Å². The van der Waals surface area contributed by atoms with E-state index in [9.17, 15) is 14.7 Å². The van der Waals surface area contributed by atoms with Gasteiger partial charge in [-0.05, 0) is 25.5 Å². The average Bonchev–Trinajstić information content (AvgIpc) is 3.01. The zero-order valence-electron chi connectivity index (χ0n) is 15.8. The summed E-state index contributed by atoms with van der Waals surface area (Å²) in [6.07, 6.45) is 1.71. The Hall–Kier alpha value is -2.22. The van der Waals surface area contributed by atoms with Gasteiger partial charge in [-0.1, -0.05) is 37.3 Å². The number of benzene rings is 1. The Kier molecular flexibility index (Phi) is 6.26. The zero-order chi connectivity index (χ0) is 19.4. The Balaban J connectivity index is 1.61. The van der Waals surface area contributed by atoms with Crippen molar-refractivity contribution in [2.75, 3.05) is 20.1 Å². The van der Waals surface area contributed by atoms with E-state index in [1.807, 2.05) is 32.2 Å². The third kappa shape index (κ3) is 4.74. The van der Waals surface area contributed by atoms with Crippen LogP contribution in [0.15, 0.2) is 46.1 Å². The molecule has 0 amide bonds. The summed E-state index contributed by atoms with van der Waals surface area (Å²) >= 11 is 0. The Labute approximate surface area is 158 Å². The molecule has 146 valence electrons. The molecule has 0 saturated carbocycles. The van der Waals surface area contributed by atoms with E-state index in [4.69, 9.17) is 4.74 Å². The van der Waals surface area contributed by atoms with Gasteiger partial charge in [0.15, 0.2) is 0 Å². The number of aromatic amines is 1. The van der Waals surface area contributed by atoms with E-state index in [1.54, 1.807) is 6.20 Å². The largest absolute Gasteiger partial charge is 0.390 e. The molecule has 1 fully saturated rings. The van der Waals surface area contributed by atoms with Crippen LogP contribution in [0, 0.1) is 0 Å². The summed E-state index contributed by atoms with van der Waals surface area (Å²) < 4.78 is 7.33. The molecule has 0 spiro atoms. The number of aryl methyl sites for hydroxylation is 1. The maximum atomic E-state index is 12.1. The number of ether oxygens (including phenoxy) is 1. The third-order valence-corrected chi connectivity index (χ3v) is 5.05. The quantitative estimate of drug-likeness (QED) is 0.754. The van der Waals surface area contributed by atoms with Gasteiger partial charge in [0.25, 0.3) is 5.56 Å². The van der Waals surface area contributed by atoms with Crippen molar-refractivity contribution < 1.29 is 9.84 Å². The van der Waals surface area contributed by atoms with Gasteiger partial charge in [0.2, 0.25) is 0 Å². The van der Waals surface area contributed by atoms with Crippen molar-refractivity contribution in [2.45, 2.75) is 44.6 Å². The average molecular weight is 373 g/mol. The highest BCUT2D eigenvalue weighted by molar-refractivity contribution is 5.14. The Bertz CT molecular complexity index is 862. The highest BCUT2D eigenvalue weighted by atomic mass is 16.5. The predicted octanol–water partition coefficient (Wildman–Crippen LogP) is 0.922. The lowest BCUT2D eigenvalue weighted by Gasteiger charge is -2.23. The number of hydrogen-bond donors (Lipinski definition) is 2. The van der Waals surface area contributed by atoms with Crippen LogP contribution in [-0.4, -0.2) is 51.9 Å². The Morgan fingerprint density at radius 3 is 2.74 bits per heavy atom. The van der Waals surface area contributed by atoms with Crippen LogP contribution in [0.25, 0.3) is 0 Å².